The highest BCUT2D eigenvalue weighted by Gasteiger charge is 2.22. The maximum absolute atomic E-state index is 11.2. The highest BCUT2D eigenvalue weighted by Crippen LogP contribution is 2.22. The van der Waals surface area contributed by atoms with Gasteiger partial charge in [-0.1, -0.05) is 0 Å². The normalized spacial score (nSPS) is 17.8. The molecule has 0 bridgehead atoms. The molecule has 0 aliphatic carbocycles. The molecule has 0 N–H and O–H groups in total. The minimum Gasteiger partial charge on any atom is -0.370 e. The topological polar surface area (TPSA) is 33.2 Å². The molecule has 0 amide bonds. The Labute approximate surface area is 90.1 Å². The van der Waals surface area contributed by atoms with Gasteiger partial charge in [-0.3, -0.25) is 9.78 Å². The first-order valence-electron chi connectivity index (χ1n) is 5.43. The zero-order valence-electron chi connectivity index (χ0n) is 9.02. The van der Waals surface area contributed by atoms with E-state index < -0.39 is 0 Å². The maximum Gasteiger partial charge on any atom is 0.133 e. The number of ketones is 1. The van der Waals surface area contributed by atoms with Gasteiger partial charge in [0, 0.05) is 25.2 Å². The zero-order chi connectivity index (χ0) is 10.7. The van der Waals surface area contributed by atoms with Crippen LogP contribution in [0.4, 0.5) is 5.69 Å². The first kappa shape index (κ1) is 10.1. The quantitative estimate of drug-likeness (QED) is 0.737. The van der Waals surface area contributed by atoms with Gasteiger partial charge < -0.3 is 4.90 Å². The third-order valence-corrected chi connectivity index (χ3v) is 3.08. The Morgan fingerprint density at radius 1 is 1.47 bits per heavy atom. The number of pyridine rings is 1. The second kappa shape index (κ2) is 4.43. The van der Waals surface area contributed by atoms with E-state index in [9.17, 15) is 4.79 Å². The highest BCUT2D eigenvalue weighted by molar-refractivity contribution is 5.78. The van der Waals surface area contributed by atoms with Crippen molar-refractivity contribution in [3.05, 3.63) is 24.5 Å². The van der Waals surface area contributed by atoms with Gasteiger partial charge in [-0.15, -0.1) is 0 Å². The summed E-state index contributed by atoms with van der Waals surface area (Å²) in [4.78, 5) is 17.6. The minimum absolute atomic E-state index is 0.276. The van der Waals surface area contributed by atoms with Crippen molar-refractivity contribution in [2.75, 3.05) is 18.0 Å². The Balaban J connectivity index is 1.97. The first-order chi connectivity index (χ1) is 7.27. The number of aromatic nitrogens is 1. The second-order valence-corrected chi connectivity index (χ2v) is 4.08. The monoisotopic (exact) mass is 204 g/mol. The van der Waals surface area contributed by atoms with E-state index in [1.807, 2.05) is 12.3 Å². The van der Waals surface area contributed by atoms with Gasteiger partial charge in [0.05, 0.1) is 11.9 Å². The lowest BCUT2D eigenvalue weighted by atomic mass is 9.93. The van der Waals surface area contributed by atoms with Crippen LogP contribution in [0.2, 0.25) is 0 Å². The van der Waals surface area contributed by atoms with E-state index in [0.717, 1.165) is 25.9 Å². The number of nitrogens with zero attached hydrogens (tertiary/aromatic N) is 2. The summed E-state index contributed by atoms with van der Waals surface area (Å²) in [7, 11) is 0. The van der Waals surface area contributed by atoms with Crippen LogP contribution in [0.25, 0.3) is 0 Å². The molecule has 1 aliphatic heterocycles. The number of Topliss-reactive ketones (excluding diaryl/α,β-unsaturated/α-hetero) is 1. The van der Waals surface area contributed by atoms with Gasteiger partial charge in [-0.05, 0) is 31.9 Å². The molecule has 1 aromatic rings. The van der Waals surface area contributed by atoms with E-state index in [2.05, 4.69) is 16.0 Å². The van der Waals surface area contributed by atoms with Gasteiger partial charge >= 0.3 is 0 Å². The number of piperidine rings is 1. The van der Waals surface area contributed by atoms with Crippen LogP contribution in [-0.4, -0.2) is 23.9 Å². The molecule has 0 radical (unpaired) electrons. The summed E-state index contributed by atoms with van der Waals surface area (Å²) in [6.07, 6.45) is 5.62. The summed E-state index contributed by atoms with van der Waals surface area (Å²) in [5.41, 5.74) is 1.17. The largest absolute Gasteiger partial charge is 0.370 e. The molecule has 2 rings (SSSR count). The van der Waals surface area contributed by atoms with Crippen LogP contribution in [-0.2, 0) is 4.79 Å². The molecule has 0 aromatic carbocycles. The lowest BCUT2D eigenvalue weighted by Crippen LogP contribution is -2.35. The van der Waals surface area contributed by atoms with Crippen LogP contribution >= 0.6 is 0 Å². The number of carbonyl (C=O) groups is 1. The van der Waals surface area contributed by atoms with E-state index in [1.165, 1.54) is 5.69 Å². The van der Waals surface area contributed by atoms with Crippen molar-refractivity contribution < 1.29 is 4.79 Å². The molecule has 80 valence electrons. The number of rotatable bonds is 2. The number of anilines is 1. The average Bonchev–Trinajstić information content (AvgIpc) is 2.30. The molecule has 15 heavy (non-hydrogen) atoms. The summed E-state index contributed by atoms with van der Waals surface area (Å²) >= 11 is 0. The number of carbonyl (C=O) groups excluding carboxylic acids is 1. The fourth-order valence-electron chi connectivity index (χ4n) is 2.09. The van der Waals surface area contributed by atoms with Crippen molar-refractivity contribution in [2.45, 2.75) is 19.8 Å². The van der Waals surface area contributed by atoms with Crippen molar-refractivity contribution in [1.82, 2.24) is 4.98 Å². The lowest BCUT2D eigenvalue weighted by molar-refractivity contribution is -0.121. The van der Waals surface area contributed by atoms with E-state index in [4.69, 9.17) is 0 Å². The van der Waals surface area contributed by atoms with Crippen LogP contribution in [0.1, 0.15) is 19.8 Å². The van der Waals surface area contributed by atoms with E-state index in [1.54, 1.807) is 13.1 Å². The highest BCUT2D eigenvalue weighted by atomic mass is 16.1. The molecule has 3 nitrogen and oxygen atoms in total. The van der Waals surface area contributed by atoms with Gasteiger partial charge in [-0.25, -0.2) is 0 Å². The third-order valence-electron chi connectivity index (χ3n) is 3.08. The molecule has 3 heteroatoms. The molecular formula is C12H16N2O. The van der Waals surface area contributed by atoms with Crippen molar-refractivity contribution in [1.29, 1.82) is 0 Å². The van der Waals surface area contributed by atoms with Crippen molar-refractivity contribution in [2.24, 2.45) is 5.92 Å². The summed E-state index contributed by atoms with van der Waals surface area (Å²) in [6.45, 7) is 3.64. The van der Waals surface area contributed by atoms with Crippen LogP contribution < -0.4 is 4.90 Å². The molecule has 1 aliphatic rings. The molecule has 0 spiro atoms. The van der Waals surface area contributed by atoms with Gasteiger partial charge in [0.25, 0.3) is 0 Å². The fraction of sp³-hybridized carbons (Fsp3) is 0.500. The Morgan fingerprint density at radius 3 is 2.73 bits per heavy atom. The Morgan fingerprint density at radius 2 is 2.20 bits per heavy atom. The molecule has 1 saturated heterocycles. The third kappa shape index (κ3) is 2.35. The number of hydrogen-bond acceptors (Lipinski definition) is 3. The Hall–Kier alpha value is -1.38. The predicted octanol–water partition coefficient (Wildman–Crippen LogP) is 1.89. The fourth-order valence-corrected chi connectivity index (χ4v) is 2.09. The van der Waals surface area contributed by atoms with Crippen LogP contribution in [0, 0.1) is 5.92 Å². The van der Waals surface area contributed by atoms with Crippen LogP contribution in [0.3, 0.4) is 0 Å². The van der Waals surface area contributed by atoms with E-state index in [0.29, 0.717) is 5.78 Å². The predicted molar refractivity (Wildman–Crippen MR) is 59.9 cm³/mol. The summed E-state index contributed by atoms with van der Waals surface area (Å²) in [6, 6.07) is 4.02. The molecule has 1 fully saturated rings. The average molecular weight is 204 g/mol. The molecule has 0 atom stereocenters. The summed E-state index contributed by atoms with van der Waals surface area (Å²) in [5.74, 6) is 0.610. The van der Waals surface area contributed by atoms with Gasteiger partial charge in [0.1, 0.15) is 5.78 Å². The zero-order valence-corrected chi connectivity index (χ0v) is 9.02. The molecule has 0 saturated carbocycles. The van der Waals surface area contributed by atoms with Gasteiger partial charge in [0.15, 0.2) is 0 Å². The van der Waals surface area contributed by atoms with Crippen LogP contribution in [0.5, 0.6) is 0 Å². The smallest absolute Gasteiger partial charge is 0.133 e. The molecule has 0 unspecified atom stereocenters. The maximum atomic E-state index is 11.2. The SMILES string of the molecule is CC(=O)C1CCN(c2cccnc2)CC1. The summed E-state index contributed by atoms with van der Waals surface area (Å²) < 4.78 is 0. The first-order valence-corrected chi connectivity index (χ1v) is 5.43. The standard InChI is InChI=1S/C12H16N2O/c1-10(15)11-4-7-14(8-5-11)12-3-2-6-13-9-12/h2-3,6,9,11H,4-5,7-8H2,1H3. The lowest BCUT2D eigenvalue weighted by Gasteiger charge is -2.32. The molecule has 2 heterocycles. The van der Waals surface area contributed by atoms with Crippen LogP contribution in [0.15, 0.2) is 24.5 Å². The minimum atomic E-state index is 0.276. The van der Waals surface area contributed by atoms with Gasteiger partial charge in [0.2, 0.25) is 0 Å². The Kier molecular flexibility index (Phi) is 2.99. The Bertz CT molecular complexity index is 329. The molecular weight excluding hydrogens is 188 g/mol. The number of hydrogen-bond donors (Lipinski definition) is 0. The second-order valence-electron chi connectivity index (χ2n) is 4.08. The molecule has 1 aromatic heterocycles. The van der Waals surface area contributed by atoms with Crippen molar-refractivity contribution in [3.63, 3.8) is 0 Å². The van der Waals surface area contributed by atoms with Crippen molar-refractivity contribution in [3.8, 4) is 0 Å². The van der Waals surface area contributed by atoms with Gasteiger partial charge in [-0.2, -0.15) is 0 Å². The summed E-state index contributed by atoms with van der Waals surface area (Å²) in [5, 5.41) is 0. The van der Waals surface area contributed by atoms with Crippen molar-refractivity contribution >= 4 is 11.5 Å². The van der Waals surface area contributed by atoms with E-state index in [-0.39, 0.29) is 5.92 Å². The van der Waals surface area contributed by atoms with E-state index >= 15 is 0 Å².